The maximum absolute atomic E-state index is 13.6. The van der Waals surface area contributed by atoms with E-state index < -0.39 is 0 Å². The molecule has 0 amide bonds. The minimum absolute atomic E-state index is 0.262. The van der Waals surface area contributed by atoms with E-state index in [1.165, 1.54) is 6.07 Å². The van der Waals surface area contributed by atoms with Gasteiger partial charge >= 0.3 is 0 Å². The summed E-state index contributed by atoms with van der Waals surface area (Å²) in [4.78, 5) is 4.35. The molecule has 0 aliphatic heterocycles. The zero-order valence-electron chi connectivity index (χ0n) is 13.5. The molecule has 3 rings (SSSR count). The Kier molecular flexibility index (Phi) is 4.65. The number of aryl methyl sites for hydroxylation is 2. The van der Waals surface area contributed by atoms with Crippen LogP contribution in [0, 0.1) is 19.7 Å². The normalized spacial score (nSPS) is 10.5. The van der Waals surface area contributed by atoms with Crippen molar-refractivity contribution in [3.8, 4) is 0 Å². The molecule has 6 heteroatoms. The van der Waals surface area contributed by atoms with Crippen LogP contribution in [0.4, 0.5) is 21.8 Å². The van der Waals surface area contributed by atoms with E-state index >= 15 is 0 Å². The van der Waals surface area contributed by atoms with E-state index in [4.69, 9.17) is 0 Å². The minimum Gasteiger partial charge on any atom is -0.349 e. The third-order valence-electron chi connectivity index (χ3n) is 3.45. The second-order valence-electron chi connectivity index (χ2n) is 5.61. The van der Waals surface area contributed by atoms with Gasteiger partial charge in [-0.2, -0.15) is 10.1 Å². The topological polar surface area (TPSA) is 62.7 Å². The molecule has 5 nitrogen and oxygen atoms in total. The Labute approximate surface area is 140 Å². The zero-order chi connectivity index (χ0) is 16.9. The number of aromatic nitrogens is 3. The summed E-state index contributed by atoms with van der Waals surface area (Å²) in [6, 6.07) is 12.7. The van der Waals surface area contributed by atoms with Gasteiger partial charge in [-0.15, -0.1) is 5.10 Å². The number of nitrogens with zero attached hydrogens (tertiary/aromatic N) is 3. The lowest BCUT2D eigenvalue weighted by molar-refractivity contribution is 0.612. The first-order chi connectivity index (χ1) is 11.6. The summed E-state index contributed by atoms with van der Waals surface area (Å²) in [6.45, 7) is 4.37. The van der Waals surface area contributed by atoms with Crippen LogP contribution in [0.15, 0.2) is 48.7 Å². The predicted molar refractivity (Wildman–Crippen MR) is 92.8 cm³/mol. The molecule has 0 bridgehead atoms. The summed E-state index contributed by atoms with van der Waals surface area (Å²) in [6.07, 6.45) is 1.55. The summed E-state index contributed by atoms with van der Waals surface area (Å²) in [5.74, 6) is 0.654. The Morgan fingerprint density at radius 1 is 1.04 bits per heavy atom. The van der Waals surface area contributed by atoms with Gasteiger partial charge in [-0.1, -0.05) is 24.3 Å². The minimum atomic E-state index is -0.262. The molecule has 0 unspecified atom stereocenters. The van der Waals surface area contributed by atoms with Gasteiger partial charge in [0.1, 0.15) is 5.82 Å². The molecule has 1 aromatic heterocycles. The molecular formula is C18H18FN5. The van der Waals surface area contributed by atoms with Crippen LogP contribution in [0.2, 0.25) is 0 Å². The molecule has 2 aromatic carbocycles. The molecule has 2 N–H and O–H groups in total. The van der Waals surface area contributed by atoms with Gasteiger partial charge < -0.3 is 10.6 Å². The molecule has 24 heavy (non-hydrogen) atoms. The van der Waals surface area contributed by atoms with Gasteiger partial charge in [0.25, 0.3) is 0 Å². The lowest BCUT2D eigenvalue weighted by Gasteiger charge is -2.09. The fraction of sp³-hybridized carbons (Fsp3) is 0.167. The number of rotatable bonds is 5. The zero-order valence-corrected chi connectivity index (χ0v) is 13.5. The molecule has 122 valence electrons. The second kappa shape index (κ2) is 7.04. The predicted octanol–water partition coefficient (Wildman–Crippen LogP) is 3.98. The van der Waals surface area contributed by atoms with Gasteiger partial charge in [0.15, 0.2) is 5.82 Å². The fourth-order valence-electron chi connectivity index (χ4n) is 2.45. The molecule has 0 saturated heterocycles. The summed E-state index contributed by atoms with van der Waals surface area (Å²) in [5, 5.41) is 14.0. The van der Waals surface area contributed by atoms with Crippen LogP contribution in [0.25, 0.3) is 0 Å². The number of anilines is 3. The van der Waals surface area contributed by atoms with E-state index in [1.807, 2.05) is 26.0 Å². The van der Waals surface area contributed by atoms with Crippen LogP contribution in [0.3, 0.4) is 0 Å². The van der Waals surface area contributed by atoms with Crippen LogP contribution in [0.1, 0.15) is 16.7 Å². The van der Waals surface area contributed by atoms with E-state index in [0.717, 1.165) is 16.8 Å². The molecule has 0 saturated carbocycles. The average Bonchev–Trinajstić information content (AvgIpc) is 2.53. The monoisotopic (exact) mass is 323 g/mol. The number of hydrogen-bond donors (Lipinski definition) is 2. The molecule has 0 spiro atoms. The smallest absolute Gasteiger partial charge is 0.244 e. The lowest BCUT2D eigenvalue weighted by Crippen LogP contribution is -2.07. The standard InChI is InChI=1S/C18H18FN5/c1-12-7-13(2)9-15(8-12)22-17-11-21-24-18(23-17)20-10-14-5-3-4-6-16(14)19/h3-9,11H,10H2,1-2H3,(H2,20,22,23,24). The van der Waals surface area contributed by atoms with Gasteiger partial charge in [0.2, 0.25) is 5.95 Å². The molecule has 0 aliphatic carbocycles. The number of benzene rings is 2. The molecule has 1 heterocycles. The number of halogens is 1. The van der Waals surface area contributed by atoms with Crippen LogP contribution in [-0.4, -0.2) is 15.2 Å². The molecule has 0 fully saturated rings. The van der Waals surface area contributed by atoms with E-state index in [-0.39, 0.29) is 5.82 Å². The highest BCUT2D eigenvalue weighted by molar-refractivity contribution is 5.58. The van der Waals surface area contributed by atoms with E-state index in [2.05, 4.69) is 31.9 Å². The summed E-state index contributed by atoms with van der Waals surface area (Å²) in [7, 11) is 0. The van der Waals surface area contributed by atoms with Crippen molar-refractivity contribution in [1.29, 1.82) is 0 Å². The first-order valence-electron chi connectivity index (χ1n) is 7.62. The summed E-state index contributed by atoms with van der Waals surface area (Å²) >= 11 is 0. The van der Waals surface area contributed by atoms with Gasteiger partial charge in [0.05, 0.1) is 6.20 Å². The molecule has 0 atom stereocenters. The third-order valence-corrected chi connectivity index (χ3v) is 3.45. The van der Waals surface area contributed by atoms with Crippen molar-refractivity contribution in [2.45, 2.75) is 20.4 Å². The quantitative estimate of drug-likeness (QED) is 0.743. The average molecular weight is 323 g/mol. The first-order valence-corrected chi connectivity index (χ1v) is 7.62. The largest absolute Gasteiger partial charge is 0.349 e. The highest BCUT2D eigenvalue weighted by Gasteiger charge is 2.04. The van der Waals surface area contributed by atoms with Crippen molar-refractivity contribution in [3.63, 3.8) is 0 Å². The maximum atomic E-state index is 13.6. The van der Waals surface area contributed by atoms with E-state index in [0.29, 0.717) is 23.9 Å². The van der Waals surface area contributed by atoms with Crippen molar-refractivity contribution >= 4 is 17.5 Å². The molecule has 0 aliphatic rings. The van der Waals surface area contributed by atoms with Crippen LogP contribution < -0.4 is 10.6 Å². The summed E-state index contributed by atoms with van der Waals surface area (Å²) < 4.78 is 13.6. The van der Waals surface area contributed by atoms with Crippen LogP contribution in [-0.2, 0) is 6.54 Å². The number of nitrogens with one attached hydrogen (secondary N) is 2. The Hall–Kier alpha value is -3.02. The lowest BCUT2D eigenvalue weighted by atomic mass is 10.1. The molecular weight excluding hydrogens is 305 g/mol. The third kappa shape index (κ3) is 4.04. The Balaban J connectivity index is 1.71. The second-order valence-corrected chi connectivity index (χ2v) is 5.61. The number of hydrogen-bond acceptors (Lipinski definition) is 5. The maximum Gasteiger partial charge on any atom is 0.244 e. The Bertz CT molecular complexity index is 830. The van der Waals surface area contributed by atoms with Crippen molar-refractivity contribution in [2.24, 2.45) is 0 Å². The van der Waals surface area contributed by atoms with Crippen LogP contribution >= 0.6 is 0 Å². The van der Waals surface area contributed by atoms with E-state index in [1.54, 1.807) is 24.4 Å². The van der Waals surface area contributed by atoms with E-state index in [9.17, 15) is 4.39 Å². The van der Waals surface area contributed by atoms with Crippen molar-refractivity contribution < 1.29 is 4.39 Å². The molecule has 3 aromatic rings. The van der Waals surface area contributed by atoms with Gasteiger partial charge in [-0.05, 0) is 43.2 Å². The highest BCUT2D eigenvalue weighted by Crippen LogP contribution is 2.18. The SMILES string of the molecule is Cc1cc(C)cc(Nc2cnnc(NCc3ccccc3F)n2)c1. The first kappa shape index (κ1) is 15.9. The van der Waals surface area contributed by atoms with Crippen molar-refractivity contribution in [1.82, 2.24) is 15.2 Å². The van der Waals surface area contributed by atoms with Crippen molar-refractivity contribution in [3.05, 3.63) is 71.2 Å². The Morgan fingerprint density at radius 3 is 2.54 bits per heavy atom. The van der Waals surface area contributed by atoms with Gasteiger partial charge in [-0.3, -0.25) is 0 Å². The highest BCUT2D eigenvalue weighted by atomic mass is 19.1. The fourth-order valence-corrected chi connectivity index (χ4v) is 2.45. The molecule has 0 radical (unpaired) electrons. The Morgan fingerprint density at radius 2 is 1.79 bits per heavy atom. The summed E-state index contributed by atoms with van der Waals surface area (Å²) in [5.41, 5.74) is 3.82. The van der Waals surface area contributed by atoms with Gasteiger partial charge in [0, 0.05) is 17.8 Å². The van der Waals surface area contributed by atoms with Crippen LogP contribution in [0.5, 0.6) is 0 Å². The van der Waals surface area contributed by atoms with Gasteiger partial charge in [-0.25, -0.2) is 4.39 Å². The van der Waals surface area contributed by atoms with Crippen molar-refractivity contribution in [2.75, 3.05) is 10.6 Å².